The summed E-state index contributed by atoms with van der Waals surface area (Å²) in [7, 11) is 0.856. The van der Waals surface area contributed by atoms with Gasteiger partial charge in [0.1, 0.15) is 23.8 Å². The number of nitrogens with two attached hydrogens (primary N) is 1. The highest BCUT2D eigenvalue weighted by atomic mass is 31.0. The Balaban J connectivity index is 1.42. The van der Waals surface area contributed by atoms with E-state index >= 15 is 0 Å². The second kappa shape index (κ2) is 10.7. The molecule has 168 valence electrons. The van der Waals surface area contributed by atoms with Gasteiger partial charge in [-0.25, -0.2) is 19.6 Å². The maximum Gasteiger partial charge on any atom is 0.340 e. The Bertz CT molecular complexity index is 1230. The van der Waals surface area contributed by atoms with E-state index in [1.807, 2.05) is 12.0 Å². The number of anilines is 1. The molecule has 0 saturated carbocycles. The van der Waals surface area contributed by atoms with E-state index in [9.17, 15) is 9.59 Å². The first-order chi connectivity index (χ1) is 16.1. The summed E-state index contributed by atoms with van der Waals surface area (Å²) in [5.74, 6) is 1.18. The van der Waals surface area contributed by atoms with Crippen LogP contribution in [0.15, 0.2) is 72.9 Å². The van der Waals surface area contributed by atoms with Crippen LogP contribution in [0.3, 0.4) is 0 Å². The highest BCUT2D eigenvalue weighted by Gasteiger charge is 2.19. The molecular formula is C23H21N4O5P. The van der Waals surface area contributed by atoms with E-state index in [1.54, 1.807) is 59.2 Å². The van der Waals surface area contributed by atoms with Gasteiger partial charge in [0.2, 0.25) is 6.29 Å². The molecule has 2 heterocycles. The van der Waals surface area contributed by atoms with Crippen molar-refractivity contribution in [1.29, 1.82) is 0 Å². The number of hydrogen-bond acceptors (Lipinski definition) is 8. The van der Waals surface area contributed by atoms with Gasteiger partial charge in [0.25, 0.3) is 0 Å². The van der Waals surface area contributed by atoms with Crippen LogP contribution >= 0.6 is 8.19 Å². The van der Waals surface area contributed by atoms with Gasteiger partial charge in [-0.3, -0.25) is 0 Å². The molecule has 33 heavy (non-hydrogen) atoms. The van der Waals surface area contributed by atoms with E-state index in [0.717, 1.165) is 13.4 Å². The number of hydrogen-bond donors (Lipinski definition) is 1. The third kappa shape index (κ3) is 5.71. The van der Waals surface area contributed by atoms with Crippen molar-refractivity contribution in [3.05, 3.63) is 84.0 Å². The molecule has 4 aromatic rings. The van der Waals surface area contributed by atoms with Gasteiger partial charge in [-0.1, -0.05) is 36.4 Å². The number of benzene rings is 2. The van der Waals surface area contributed by atoms with Crippen LogP contribution in [0, 0.1) is 0 Å². The summed E-state index contributed by atoms with van der Waals surface area (Å²) in [6, 6.07) is 17.2. The molecule has 1 atom stereocenters. The summed E-state index contributed by atoms with van der Waals surface area (Å²) in [6.07, 6.45) is 0.600. The molecule has 0 aliphatic carbocycles. The average Bonchev–Trinajstić information content (AvgIpc) is 3.28. The molecule has 0 radical (unpaired) electrons. The second-order valence-electron chi connectivity index (χ2n) is 6.93. The first-order valence-electron chi connectivity index (χ1n) is 10.1. The second-order valence-corrected chi connectivity index (χ2v) is 7.85. The van der Waals surface area contributed by atoms with Crippen LogP contribution < -0.4 is 5.73 Å². The quantitative estimate of drug-likeness (QED) is 0.292. The SMILES string of the molecule is Nc1ncnc2pcn(COC(CCOC(=O)c3ccccc3)OC(=O)c3ccccc3)c12. The zero-order valence-electron chi connectivity index (χ0n) is 17.5. The minimum Gasteiger partial charge on any atom is -0.462 e. The van der Waals surface area contributed by atoms with Crippen molar-refractivity contribution in [3.63, 3.8) is 0 Å². The van der Waals surface area contributed by atoms with Gasteiger partial charge in [-0.15, -0.1) is 0 Å². The fourth-order valence-electron chi connectivity index (χ4n) is 3.04. The molecule has 4 rings (SSSR count). The van der Waals surface area contributed by atoms with Crippen molar-refractivity contribution in [2.24, 2.45) is 0 Å². The normalized spacial score (nSPS) is 12.0. The van der Waals surface area contributed by atoms with E-state index in [0.29, 0.717) is 22.5 Å². The maximum absolute atomic E-state index is 12.5. The number of nitrogen functional groups attached to an aromatic ring is 1. The Morgan fingerprint density at radius 2 is 1.64 bits per heavy atom. The number of esters is 2. The predicted octanol–water partition coefficient (Wildman–Crippen LogP) is 4.00. The summed E-state index contributed by atoms with van der Waals surface area (Å²) in [4.78, 5) is 33.0. The van der Waals surface area contributed by atoms with Crippen molar-refractivity contribution >= 4 is 36.7 Å². The molecule has 2 N–H and O–H groups in total. The lowest BCUT2D eigenvalue weighted by Crippen LogP contribution is -2.25. The summed E-state index contributed by atoms with van der Waals surface area (Å²) < 4.78 is 18.5. The number of aromatic nitrogens is 3. The van der Waals surface area contributed by atoms with Crippen LogP contribution in [-0.4, -0.2) is 39.4 Å². The summed E-state index contributed by atoms with van der Waals surface area (Å²) in [5.41, 5.74) is 7.46. The highest BCUT2D eigenvalue weighted by molar-refractivity contribution is 7.35. The van der Waals surface area contributed by atoms with Crippen molar-refractivity contribution in [2.75, 3.05) is 12.3 Å². The lowest BCUT2D eigenvalue weighted by atomic mass is 10.2. The van der Waals surface area contributed by atoms with Gasteiger partial charge in [-0.05, 0) is 32.5 Å². The van der Waals surface area contributed by atoms with E-state index in [1.165, 1.54) is 6.33 Å². The number of rotatable bonds is 9. The first-order valence-corrected chi connectivity index (χ1v) is 11.1. The third-order valence-corrected chi connectivity index (χ3v) is 5.65. The topological polar surface area (TPSA) is 119 Å². The van der Waals surface area contributed by atoms with Crippen LogP contribution in [0.25, 0.3) is 10.8 Å². The van der Waals surface area contributed by atoms with E-state index in [2.05, 4.69) is 9.97 Å². The molecule has 0 spiro atoms. The largest absolute Gasteiger partial charge is 0.462 e. The van der Waals surface area contributed by atoms with Crippen LogP contribution in [0.4, 0.5) is 5.82 Å². The Morgan fingerprint density at radius 1 is 0.970 bits per heavy atom. The number of carbonyl (C=O) groups is 2. The Kier molecular flexibility index (Phi) is 7.24. The predicted molar refractivity (Wildman–Crippen MR) is 123 cm³/mol. The minimum atomic E-state index is -0.957. The van der Waals surface area contributed by atoms with E-state index in [-0.39, 0.29) is 19.8 Å². The molecule has 0 saturated heterocycles. The van der Waals surface area contributed by atoms with Crippen LogP contribution in [0.1, 0.15) is 27.1 Å². The van der Waals surface area contributed by atoms with Gasteiger partial charge in [0.15, 0.2) is 5.82 Å². The van der Waals surface area contributed by atoms with Crippen LogP contribution in [0.2, 0.25) is 0 Å². The molecule has 0 fully saturated rings. The van der Waals surface area contributed by atoms with Crippen molar-refractivity contribution in [1.82, 2.24) is 14.5 Å². The van der Waals surface area contributed by atoms with Crippen molar-refractivity contribution in [3.8, 4) is 0 Å². The zero-order chi connectivity index (χ0) is 23.0. The molecule has 10 heteroatoms. The van der Waals surface area contributed by atoms with Gasteiger partial charge in [-0.2, -0.15) is 0 Å². The molecule has 9 nitrogen and oxygen atoms in total. The van der Waals surface area contributed by atoms with Crippen LogP contribution in [-0.2, 0) is 20.9 Å². The Labute approximate surface area is 191 Å². The van der Waals surface area contributed by atoms with Crippen molar-refractivity contribution in [2.45, 2.75) is 19.4 Å². The monoisotopic (exact) mass is 464 g/mol. The zero-order valence-corrected chi connectivity index (χ0v) is 18.4. The van der Waals surface area contributed by atoms with E-state index < -0.39 is 18.2 Å². The molecule has 0 aliphatic rings. The Hall–Kier alpha value is -3.81. The molecule has 0 bridgehead atoms. The fraction of sp³-hybridized carbons (Fsp3) is 0.174. The summed E-state index contributed by atoms with van der Waals surface area (Å²) in [5, 5.41) is 0.765. The molecule has 1 unspecified atom stereocenters. The molecule has 0 aliphatic heterocycles. The van der Waals surface area contributed by atoms with Gasteiger partial charge in [0, 0.05) is 12.3 Å². The minimum absolute atomic E-state index is 0.00423. The third-order valence-electron chi connectivity index (χ3n) is 4.68. The standard InChI is InChI=1S/C23H21N4O5P/c24-20-19-21(26-13-25-20)33-15-27(19)14-31-18(32-23(29)17-9-5-2-6-10-17)11-12-30-22(28)16-7-3-1-4-8-16/h1-10,13,15,18H,11-12,14H2,(H2,24,25,26). The highest BCUT2D eigenvalue weighted by Crippen LogP contribution is 2.26. The first kappa shape index (κ1) is 22.4. The average molecular weight is 464 g/mol. The number of nitrogens with zero attached hydrogens (tertiary/aromatic N) is 3. The van der Waals surface area contributed by atoms with Gasteiger partial charge >= 0.3 is 11.9 Å². The summed E-state index contributed by atoms with van der Waals surface area (Å²) >= 11 is 0. The lowest BCUT2D eigenvalue weighted by molar-refractivity contribution is -0.139. The fourth-order valence-corrected chi connectivity index (χ4v) is 3.95. The Morgan fingerprint density at radius 3 is 2.33 bits per heavy atom. The number of fused-ring (bicyclic) bond motifs is 1. The van der Waals surface area contributed by atoms with Gasteiger partial charge < -0.3 is 24.5 Å². The summed E-state index contributed by atoms with van der Waals surface area (Å²) in [6.45, 7) is 0.0568. The molecular weight excluding hydrogens is 443 g/mol. The number of carbonyl (C=O) groups excluding carboxylic acids is 2. The van der Waals surface area contributed by atoms with E-state index in [4.69, 9.17) is 19.9 Å². The van der Waals surface area contributed by atoms with Crippen molar-refractivity contribution < 1.29 is 23.8 Å². The maximum atomic E-state index is 12.5. The molecule has 0 amide bonds. The molecule has 2 aromatic heterocycles. The van der Waals surface area contributed by atoms with Crippen LogP contribution in [0.5, 0.6) is 0 Å². The van der Waals surface area contributed by atoms with Gasteiger partial charge in [0.05, 0.1) is 17.7 Å². The lowest BCUT2D eigenvalue weighted by Gasteiger charge is -2.19. The smallest absolute Gasteiger partial charge is 0.340 e. The number of ether oxygens (including phenoxy) is 3. The molecule has 2 aromatic carbocycles.